The number of hydrogen-bond acceptors (Lipinski definition) is 4. The summed E-state index contributed by atoms with van der Waals surface area (Å²) in [6, 6.07) is 7.24. The molecule has 2 aromatic rings. The number of aryl methyl sites for hydroxylation is 1. The first-order valence-electron chi connectivity index (χ1n) is 7.36. The summed E-state index contributed by atoms with van der Waals surface area (Å²) >= 11 is 0. The molecule has 2 heterocycles. The van der Waals surface area contributed by atoms with Crippen molar-refractivity contribution in [3.8, 4) is 0 Å². The molecule has 0 radical (unpaired) electrons. The van der Waals surface area contributed by atoms with Crippen LogP contribution in [0.25, 0.3) is 11.0 Å². The van der Waals surface area contributed by atoms with Gasteiger partial charge in [-0.25, -0.2) is 13.2 Å². The largest absolute Gasteiger partial charge is 0.348 e. The fraction of sp³-hybridized carbons (Fsp3) is 0.467. The normalized spacial score (nSPS) is 23.2. The summed E-state index contributed by atoms with van der Waals surface area (Å²) in [7, 11) is -1.44. The third-order valence-corrected chi connectivity index (χ3v) is 6.20. The van der Waals surface area contributed by atoms with E-state index in [2.05, 4.69) is 5.32 Å². The van der Waals surface area contributed by atoms with Gasteiger partial charge in [0.25, 0.3) is 0 Å². The van der Waals surface area contributed by atoms with Crippen LogP contribution < -0.4 is 11.0 Å². The maximum absolute atomic E-state index is 12.3. The molecule has 1 aromatic heterocycles. The minimum absolute atomic E-state index is 0.0593. The van der Waals surface area contributed by atoms with Crippen molar-refractivity contribution in [1.82, 2.24) is 14.5 Å². The number of imidazole rings is 1. The predicted molar refractivity (Wildman–Crippen MR) is 87.0 cm³/mol. The average Bonchev–Trinajstić information content (AvgIpc) is 2.88. The fourth-order valence-electron chi connectivity index (χ4n) is 3.14. The summed E-state index contributed by atoms with van der Waals surface area (Å²) in [5, 5.41) is 2.77. The first kappa shape index (κ1) is 15.8. The van der Waals surface area contributed by atoms with E-state index < -0.39 is 15.4 Å². The highest BCUT2D eigenvalue weighted by Crippen LogP contribution is 2.22. The van der Waals surface area contributed by atoms with Gasteiger partial charge in [-0.3, -0.25) is 13.9 Å². The summed E-state index contributed by atoms with van der Waals surface area (Å²) in [5.41, 5.74) is 0.397. The molecule has 1 unspecified atom stereocenters. The summed E-state index contributed by atoms with van der Waals surface area (Å²) in [6.45, 7) is 1.59. The number of rotatable bonds is 3. The Morgan fingerprint density at radius 3 is 2.57 bits per heavy atom. The van der Waals surface area contributed by atoms with Crippen LogP contribution in [0.5, 0.6) is 0 Å². The lowest BCUT2D eigenvalue weighted by molar-refractivity contribution is -0.123. The van der Waals surface area contributed by atoms with Gasteiger partial charge in [0.1, 0.15) is 6.54 Å². The van der Waals surface area contributed by atoms with Crippen LogP contribution in [-0.4, -0.2) is 40.5 Å². The van der Waals surface area contributed by atoms with Gasteiger partial charge in [0, 0.05) is 7.05 Å². The maximum atomic E-state index is 12.3. The number of aromatic nitrogens is 2. The number of carbonyl (C=O) groups is 1. The van der Waals surface area contributed by atoms with Gasteiger partial charge < -0.3 is 5.32 Å². The molecule has 124 valence electrons. The Bertz CT molecular complexity index is 941. The molecule has 1 aliphatic rings. The number of fused-ring (bicyclic) bond motifs is 1. The van der Waals surface area contributed by atoms with Crippen LogP contribution in [0.15, 0.2) is 29.1 Å². The molecule has 1 fully saturated rings. The Labute approximate surface area is 133 Å². The lowest BCUT2D eigenvalue weighted by atomic mass is 10.0. The second kappa shape index (κ2) is 5.23. The number of nitrogens with zero attached hydrogens (tertiary/aromatic N) is 2. The third kappa shape index (κ3) is 2.90. The molecule has 1 N–H and O–H groups in total. The monoisotopic (exact) mass is 337 g/mol. The van der Waals surface area contributed by atoms with Crippen molar-refractivity contribution >= 4 is 26.8 Å². The Kier molecular flexibility index (Phi) is 3.59. The number of benzene rings is 1. The Morgan fingerprint density at radius 1 is 1.30 bits per heavy atom. The molecule has 1 amide bonds. The highest BCUT2D eigenvalue weighted by Gasteiger charge is 2.39. The van der Waals surface area contributed by atoms with Crippen molar-refractivity contribution in [1.29, 1.82) is 0 Å². The number of carbonyl (C=O) groups excluding carboxylic acids is 1. The third-order valence-electron chi connectivity index (χ3n) is 4.30. The molecule has 0 saturated carbocycles. The number of sulfone groups is 1. The molecular weight excluding hydrogens is 318 g/mol. The zero-order chi connectivity index (χ0) is 16.8. The topological polar surface area (TPSA) is 90.2 Å². The van der Waals surface area contributed by atoms with E-state index in [1.807, 2.05) is 12.1 Å². The van der Waals surface area contributed by atoms with Crippen LogP contribution in [0.3, 0.4) is 0 Å². The van der Waals surface area contributed by atoms with Gasteiger partial charge in [-0.05, 0) is 25.5 Å². The average molecular weight is 337 g/mol. The van der Waals surface area contributed by atoms with E-state index in [1.54, 1.807) is 26.1 Å². The van der Waals surface area contributed by atoms with Crippen LogP contribution >= 0.6 is 0 Å². The van der Waals surface area contributed by atoms with Crippen LogP contribution in [0, 0.1) is 0 Å². The molecule has 1 atom stereocenters. The zero-order valence-electron chi connectivity index (χ0n) is 13.1. The van der Waals surface area contributed by atoms with Gasteiger partial charge in [0.2, 0.25) is 5.91 Å². The minimum Gasteiger partial charge on any atom is -0.348 e. The molecule has 1 aromatic carbocycles. The molecule has 0 aliphatic carbocycles. The van der Waals surface area contributed by atoms with Crippen molar-refractivity contribution in [2.45, 2.75) is 25.4 Å². The van der Waals surface area contributed by atoms with Crippen molar-refractivity contribution in [3.63, 3.8) is 0 Å². The van der Waals surface area contributed by atoms with Crippen LogP contribution in [0.4, 0.5) is 0 Å². The number of hydrogen-bond donors (Lipinski definition) is 1. The number of amides is 1. The molecule has 23 heavy (non-hydrogen) atoms. The van der Waals surface area contributed by atoms with Gasteiger partial charge in [-0.1, -0.05) is 12.1 Å². The van der Waals surface area contributed by atoms with Gasteiger partial charge in [-0.15, -0.1) is 0 Å². The summed E-state index contributed by atoms with van der Waals surface area (Å²) in [4.78, 5) is 24.6. The lowest BCUT2D eigenvalue weighted by Crippen LogP contribution is -2.48. The van der Waals surface area contributed by atoms with Gasteiger partial charge in [-0.2, -0.15) is 0 Å². The van der Waals surface area contributed by atoms with E-state index in [-0.39, 0.29) is 29.6 Å². The predicted octanol–water partition coefficient (Wildman–Crippen LogP) is 0.0334. The highest BCUT2D eigenvalue weighted by molar-refractivity contribution is 7.91. The van der Waals surface area contributed by atoms with Crippen LogP contribution in [-0.2, 0) is 28.2 Å². The smallest absolute Gasteiger partial charge is 0.329 e. The molecule has 3 rings (SSSR count). The van der Waals surface area contributed by atoms with Crippen LogP contribution in [0.1, 0.15) is 13.3 Å². The Hall–Kier alpha value is -2.09. The van der Waals surface area contributed by atoms with E-state index in [9.17, 15) is 18.0 Å². The second-order valence-electron chi connectivity index (χ2n) is 6.37. The van der Waals surface area contributed by atoms with E-state index >= 15 is 0 Å². The first-order chi connectivity index (χ1) is 10.7. The second-order valence-corrected chi connectivity index (χ2v) is 8.55. The Morgan fingerprint density at radius 2 is 1.96 bits per heavy atom. The number of para-hydroxylation sites is 2. The van der Waals surface area contributed by atoms with Gasteiger partial charge in [0.05, 0.1) is 28.1 Å². The summed E-state index contributed by atoms with van der Waals surface area (Å²) in [6.07, 6.45) is 0.394. The quantitative estimate of drug-likeness (QED) is 0.856. The van der Waals surface area contributed by atoms with Crippen molar-refractivity contribution in [3.05, 3.63) is 34.7 Å². The lowest BCUT2D eigenvalue weighted by Gasteiger charge is -2.23. The van der Waals surface area contributed by atoms with E-state index in [0.717, 1.165) is 5.52 Å². The zero-order valence-corrected chi connectivity index (χ0v) is 13.9. The number of nitrogens with one attached hydrogen (secondary N) is 1. The molecule has 1 aliphatic heterocycles. The molecule has 1 saturated heterocycles. The Balaban J connectivity index is 1.85. The molecule has 0 bridgehead atoms. The van der Waals surface area contributed by atoms with E-state index in [1.165, 1.54) is 9.13 Å². The molecule has 7 nitrogen and oxygen atoms in total. The van der Waals surface area contributed by atoms with Crippen LogP contribution in [0.2, 0.25) is 0 Å². The van der Waals surface area contributed by atoms with Crippen molar-refractivity contribution < 1.29 is 13.2 Å². The fourth-order valence-corrected chi connectivity index (χ4v) is 5.24. The van der Waals surface area contributed by atoms with Gasteiger partial charge in [0.15, 0.2) is 9.84 Å². The SMILES string of the molecule is Cn1c(=O)n(CC(=O)NC2(C)CCS(=O)(=O)C2)c2ccccc21. The summed E-state index contributed by atoms with van der Waals surface area (Å²) < 4.78 is 26.1. The highest BCUT2D eigenvalue weighted by atomic mass is 32.2. The van der Waals surface area contributed by atoms with Crippen molar-refractivity contribution in [2.24, 2.45) is 7.05 Å². The molecule has 8 heteroatoms. The van der Waals surface area contributed by atoms with E-state index in [0.29, 0.717) is 11.9 Å². The van der Waals surface area contributed by atoms with Crippen molar-refractivity contribution in [2.75, 3.05) is 11.5 Å². The molecular formula is C15H19N3O4S. The first-order valence-corrected chi connectivity index (χ1v) is 9.19. The molecule has 0 spiro atoms. The summed E-state index contributed by atoms with van der Waals surface area (Å²) in [5.74, 6) is -0.336. The minimum atomic E-state index is -3.10. The maximum Gasteiger partial charge on any atom is 0.329 e. The van der Waals surface area contributed by atoms with E-state index in [4.69, 9.17) is 0 Å². The van der Waals surface area contributed by atoms with Gasteiger partial charge >= 0.3 is 5.69 Å². The standard InChI is InChI=1S/C15H19N3O4S/c1-15(7-8-23(21,22)10-15)16-13(19)9-18-12-6-4-3-5-11(12)17(2)14(18)20/h3-6H,7-10H2,1-2H3,(H,16,19).